The van der Waals surface area contributed by atoms with Crippen molar-refractivity contribution in [3.8, 4) is 0 Å². The number of aryl methyl sites for hydroxylation is 1. The molecule has 148 valence electrons. The second kappa shape index (κ2) is 9.50. The van der Waals surface area contributed by atoms with E-state index in [1.807, 2.05) is 25.1 Å². The Balaban J connectivity index is 1.97. The summed E-state index contributed by atoms with van der Waals surface area (Å²) in [6.07, 6.45) is 0.772. The van der Waals surface area contributed by atoms with Gasteiger partial charge in [0.05, 0.1) is 5.69 Å². The minimum absolute atomic E-state index is 0.0399. The fraction of sp³-hybridized carbons (Fsp3) is 0.250. The summed E-state index contributed by atoms with van der Waals surface area (Å²) in [7, 11) is 1.47. The van der Waals surface area contributed by atoms with Crippen LogP contribution in [0.25, 0.3) is 0 Å². The van der Waals surface area contributed by atoms with Crippen molar-refractivity contribution in [1.82, 2.24) is 4.90 Å². The third-order valence-corrected chi connectivity index (χ3v) is 3.93. The van der Waals surface area contributed by atoms with Gasteiger partial charge in [0.1, 0.15) is 12.4 Å². The lowest BCUT2D eigenvalue weighted by Crippen LogP contribution is -2.37. The average molecular weight is 386 g/mol. The van der Waals surface area contributed by atoms with Crippen LogP contribution in [0.4, 0.5) is 26.2 Å². The topological polar surface area (TPSA) is 90.5 Å². The van der Waals surface area contributed by atoms with Crippen molar-refractivity contribution in [2.75, 3.05) is 29.5 Å². The van der Waals surface area contributed by atoms with Gasteiger partial charge in [-0.25, -0.2) is 9.18 Å². The van der Waals surface area contributed by atoms with Gasteiger partial charge in [0, 0.05) is 25.3 Å². The van der Waals surface area contributed by atoms with Crippen LogP contribution in [-0.2, 0) is 16.0 Å². The predicted octanol–water partition coefficient (Wildman–Crippen LogP) is 3.45. The van der Waals surface area contributed by atoms with Crippen LogP contribution in [0.2, 0.25) is 0 Å². The average Bonchev–Trinajstić information content (AvgIpc) is 2.64. The minimum Gasteiger partial charge on any atom is -0.324 e. The molecular formula is C20H23FN4O3. The standard InChI is InChI=1S/C20H23FN4O3/c1-4-14-7-5-6-8-17(14)24-19(27)12-25(3)20(28)23-15-9-10-16(21)18(11-15)22-13(2)26/h5-11H,4,12H2,1-3H3,(H,22,26)(H,23,28)(H,24,27). The van der Waals surface area contributed by atoms with E-state index in [4.69, 9.17) is 0 Å². The summed E-state index contributed by atoms with van der Waals surface area (Å²) in [5.41, 5.74) is 1.96. The fourth-order valence-corrected chi connectivity index (χ4v) is 2.53. The van der Waals surface area contributed by atoms with Gasteiger partial charge in [-0.1, -0.05) is 25.1 Å². The molecule has 0 aliphatic rings. The molecule has 0 unspecified atom stereocenters. The van der Waals surface area contributed by atoms with Gasteiger partial charge < -0.3 is 20.9 Å². The van der Waals surface area contributed by atoms with Crippen molar-refractivity contribution in [3.05, 3.63) is 53.8 Å². The van der Waals surface area contributed by atoms with Crippen molar-refractivity contribution >= 4 is 34.9 Å². The quantitative estimate of drug-likeness (QED) is 0.710. The molecule has 0 saturated carbocycles. The van der Waals surface area contributed by atoms with E-state index in [9.17, 15) is 18.8 Å². The van der Waals surface area contributed by atoms with Crippen molar-refractivity contribution < 1.29 is 18.8 Å². The number of nitrogens with one attached hydrogen (secondary N) is 3. The highest BCUT2D eigenvalue weighted by molar-refractivity contribution is 5.97. The van der Waals surface area contributed by atoms with Gasteiger partial charge in [-0.15, -0.1) is 0 Å². The van der Waals surface area contributed by atoms with E-state index < -0.39 is 17.8 Å². The van der Waals surface area contributed by atoms with Crippen LogP contribution in [0, 0.1) is 5.82 Å². The summed E-state index contributed by atoms with van der Waals surface area (Å²) >= 11 is 0. The Hall–Kier alpha value is -3.42. The van der Waals surface area contributed by atoms with E-state index in [2.05, 4.69) is 16.0 Å². The third-order valence-electron chi connectivity index (χ3n) is 3.93. The zero-order valence-corrected chi connectivity index (χ0v) is 16.0. The van der Waals surface area contributed by atoms with Crippen LogP contribution in [0.1, 0.15) is 19.4 Å². The van der Waals surface area contributed by atoms with E-state index in [1.54, 1.807) is 6.07 Å². The summed E-state index contributed by atoms with van der Waals surface area (Å²) < 4.78 is 13.7. The molecular weight excluding hydrogens is 363 g/mol. The lowest BCUT2D eigenvalue weighted by molar-refractivity contribution is -0.116. The number of carbonyl (C=O) groups excluding carboxylic acids is 3. The molecule has 0 aliphatic carbocycles. The first kappa shape index (κ1) is 20.9. The third kappa shape index (κ3) is 5.80. The number of urea groups is 1. The molecule has 0 aliphatic heterocycles. The van der Waals surface area contributed by atoms with Gasteiger partial charge in [-0.2, -0.15) is 0 Å². The number of amides is 4. The Kier molecular flexibility index (Phi) is 7.08. The number of benzene rings is 2. The van der Waals surface area contributed by atoms with Crippen molar-refractivity contribution in [2.45, 2.75) is 20.3 Å². The SMILES string of the molecule is CCc1ccccc1NC(=O)CN(C)C(=O)Nc1ccc(F)c(NC(C)=O)c1. The summed E-state index contributed by atoms with van der Waals surface area (Å²) in [6.45, 7) is 3.08. The number of rotatable bonds is 6. The predicted molar refractivity (Wildman–Crippen MR) is 107 cm³/mol. The van der Waals surface area contributed by atoms with Crippen LogP contribution in [-0.4, -0.2) is 36.3 Å². The van der Waals surface area contributed by atoms with Gasteiger partial charge in [0.25, 0.3) is 0 Å². The Bertz CT molecular complexity index is 886. The van der Waals surface area contributed by atoms with E-state index >= 15 is 0 Å². The van der Waals surface area contributed by atoms with Gasteiger partial charge >= 0.3 is 6.03 Å². The Labute approximate surface area is 162 Å². The van der Waals surface area contributed by atoms with Gasteiger partial charge in [-0.3, -0.25) is 9.59 Å². The normalized spacial score (nSPS) is 10.1. The number of halogens is 1. The summed E-state index contributed by atoms with van der Waals surface area (Å²) in [5, 5.41) is 7.70. The second-order valence-corrected chi connectivity index (χ2v) is 6.22. The highest BCUT2D eigenvalue weighted by atomic mass is 19.1. The summed E-state index contributed by atoms with van der Waals surface area (Å²) in [5.74, 6) is -1.38. The van der Waals surface area contributed by atoms with Crippen LogP contribution >= 0.6 is 0 Å². The van der Waals surface area contributed by atoms with Gasteiger partial charge in [0.2, 0.25) is 11.8 Å². The number of anilines is 3. The van der Waals surface area contributed by atoms with Crippen molar-refractivity contribution in [3.63, 3.8) is 0 Å². The number of carbonyl (C=O) groups is 3. The molecule has 7 nitrogen and oxygen atoms in total. The van der Waals surface area contributed by atoms with E-state index in [0.29, 0.717) is 11.4 Å². The molecule has 0 saturated heterocycles. The molecule has 0 aromatic heterocycles. The maximum atomic E-state index is 13.7. The zero-order valence-electron chi connectivity index (χ0n) is 16.0. The number of hydrogen-bond acceptors (Lipinski definition) is 3. The van der Waals surface area contributed by atoms with Crippen LogP contribution < -0.4 is 16.0 Å². The van der Waals surface area contributed by atoms with E-state index in [1.165, 1.54) is 31.0 Å². The Morgan fingerprint density at radius 2 is 1.71 bits per heavy atom. The molecule has 0 spiro atoms. The van der Waals surface area contributed by atoms with Crippen molar-refractivity contribution in [2.24, 2.45) is 0 Å². The molecule has 2 aromatic carbocycles. The molecule has 0 bridgehead atoms. The molecule has 28 heavy (non-hydrogen) atoms. The molecule has 0 fully saturated rings. The smallest absolute Gasteiger partial charge is 0.322 e. The summed E-state index contributed by atoms with van der Waals surface area (Å²) in [6, 6.07) is 10.7. The maximum Gasteiger partial charge on any atom is 0.322 e. The summed E-state index contributed by atoms with van der Waals surface area (Å²) in [4.78, 5) is 36.8. The first-order valence-corrected chi connectivity index (χ1v) is 8.77. The Morgan fingerprint density at radius 3 is 2.39 bits per heavy atom. The fourth-order valence-electron chi connectivity index (χ4n) is 2.53. The molecule has 0 radical (unpaired) electrons. The van der Waals surface area contributed by atoms with E-state index in [0.717, 1.165) is 18.1 Å². The van der Waals surface area contributed by atoms with Gasteiger partial charge in [-0.05, 0) is 36.2 Å². The lowest BCUT2D eigenvalue weighted by Gasteiger charge is -2.18. The highest BCUT2D eigenvalue weighted by Crippen LogP contribution is 2.20. The van der Waals surface area contributed by atoms with Crippen LogP contribution in [0.3, 0.4) is 0 Å². The van der Waals surface area contributed by atoms with Crippen molar-refractivity contribution in [1.29, 1.82) is 0 Å². The molecule has 3 N–H and O–H groups in total. The number of nitrogens with zero attached hydrogens (tertiary/aromatic N) is 1. The molecule has 8 heteroatoms. The van der Waals surface area contributed by atoms with Crippen LogP contribution in [0.15, 0.2) is 42.5 Å². The molecule has 4 amide bonds. The molecule has 0 atom stereocenters. The first-order valence-electron chi connectivity index (χ1n) is 8.77. The minimum atomic E-state index is -0.615. The Morgan fingerprint density at radius 1 is 1.00 bits per heavy atom. The largest absolute Gasteiger partial charge is 0.324 e. The monoisotopic (exact) mass is 386 g/mol. The maximum absolute atomic E-state index is 13.7. The number of likely N-dealkylation sites (N-methyl/N-ethyl adjacent to an activating group) is 1. The zero-order chi connectivity index (χ0) is 20.7. The number of hydrogen-bond donors (Lipinski definition) is 3. The van der Waals surface area contributed by atoms with Crippen LogP contribution in [0.5, 0.6) is 0 Å². The molecule has 0 heterocycles. The van der Waals surface area contributed by atoms with E-state index in [-0.39, 0.29) is 18.1 Å². The molecule has 2 aromatic rings. The highest BCUT2D eigenvalue weighted by Gasteiger charge is 2.15. The van der Waals surface area contributed by atoms with Gasteiger partial charge in [0.15, 0.2) is 0 Å². The number of para-hydroxylation sites is 1. The molecule has 2 rings (SSSR count). The first-order chi connectivity index (χ1) is 13.3. The lowest BCUT2D eigenvalue weighted by atomic mass is 10.1. The second-order valence-electron chi connectivity index (χ2n) is 6.22.